The lowest BCUT2D eigenvalue weighted by Gasteiger charge is -2.27. The summed E-state index contributed by atoms with van der Waals surface area (Å²) in [5.74, 6) is 0. The molecule has 0 saturated heterocycles. The van der Waals surface area contributed by atoms with Gasteiger partial charge in [0.2, 0.25) is 0 Å². The summed E-state index contributed by atoms with van der Waals surface area (Å²) in [6.07, 6.45) is -1.42. The summed E-state index contributed by atoms with van der Waals surface area (Å²) < 4.78 is 5.31. The van der Waals surface area contributed by atoms with Crippen molar-refractivity contribution in [3.8, 4) is 0 Å². The number of alkyl carbamates (subject to hydrolysis) is 1. The first-order valence-electron chi connectivity index (χ1n) is 7.64. The maximum absolute atomic E-state index is 12.1. The van der Waals surface area contributed by atoms with Crippen LogP contribution >= 0.6 is 0 Å². The Labute approximate surface area is 137 Å². The molecule has 0 aliphatic carbocycles. The molecule has 4 heteroatoms. The van der Waals surface area contributed by atoms with E-state index in [0.29, 0.717) is 0 Å². The second-order valence-corrected chi connectivity index (χ2v) is 6.39. The van der Waals surface area contributed by atoms with E-state index in [1.165, 1.54) is 0 Å². The van der Waals surface area contributed by atoms with Crippen LogP contribution in [0.5, 0.6) is 0 Å². The monoisotopic (exact) mass is 313 g/mol. The van der Waals surface area contributed by atoms with Gasteiger partial charge in [-0.25, -0.2) is 4.79 Å². The third-order valence-corrected chi connectivity index (χ3v) is 3.29. The highest BCUT2D eigenvalue weighted by Gasteiger charge is 2.26. The van der Waals surface area contributed by atoms with Gasteiger partial charge in [-0.15, -0.1) is 0 Å². The summed E-state index contributed by atoms with van der Waals surface area (Å²) in [5, 5.41) is 13.5. The van der Waals surface area contributed by atoms with E-state index in [1.54, 1.807) is 20.8 Å². The Morgan fingerprint density at radius 3 is 1.91 bits per heavy atom. The number of hydrogen-bond acceptors (Lipinski definition) is 3. The van der Waals surface area contributed by atoms with E-state index in [4.69, 9.17) is 4.74 Å². The molecule has 0 radical (unpaired) electrons. The molecular weight excluding hydrogens is 290 g/mol. The smallest absolute Gasteiger partial charge is 0.408 e. The molecule has 23 heavy (non-hydrogen) atoms. The maximum Gasteiger partial charge on any atom is 0.408 e. The van der Waals surface area contributed by atoms with E-state index in [-0.39, 0.29) is 0 Å². The summed E-state index contributed by atoms with van der Waals surface area (Å²) in [4.78, 5) is 12.1. The van der Waals surface area contributed by atoms with Crippen molar-refractivity contribution in [3.05, 3.63) is 71.8 Å². The number of ether oxygens (including phenoxy) is 1. The quantitative estimate of drug-likeness (QED) is 0.897. The molecule has 2 aromatic rings. The van der Waals surface area contributed by atoms with Crippen molar-refractivity contribution in [3.63, 3.8) is 0 Å². The van der Waals surface area contributed by atoms with E-state index < -0.39 is 23.8 Å². The molecule has 0 saturated carbocycles. The number of nitrogens with one attached hydrogen (secondary N) is 1. The van der Waals surface area contributed by atoms with Crippen molar-refractivity contribution < 1.29 is 14.6 Å². The second-order valence-electron chi connectivity index (χ2n) is 6.39. The molecule has 0 fully saturated rings. The van der Waals surface area contributed by atoms with Gasteiger partial charge in [0.05, 0.1) is 6.04 Å². The summed E-state index contributed by atoms with van der Waals surface area (Å²) in [5.41, 5.74) is 0.954. The number of aliphatic hydroxyl groups is 1. The molecule has 0 heterocycles. The van der Waals surface area contributed by atoms with E-state index in [2.05, 4.69) is 5.32 Å². The average Bonchev–Trinajstić information content (AvgIpc) is 2.52. The molecular formula is C19H23NO3. The fourth-order valence-electron chi connectivity index (χ4n) is 2.28. The van der Waals surface area contributed by atoms with Gasteiger partial charge in [-0.3, -0.25) is 0 Å². The van der Waals surface area contributed by atoms with Crippen LogP contribution in [0.15, 0.2) is 60.7 Å². The van der Waals surface area contributed by atoms with Crippen LogP contribution in [-0.4, -0.2) is 16.8 Å². The van der Waals surface area contributed by atoms with Gasteiger partial charge in [0.15, 0.2) is 0 Å². The minimum atomic E-state index is -0.869. The normalized spacial score (nSPS) is 13.9. The van der Waals surface area contributed by atoms with Gasteiger partial charge in [-0.1, -0.05) is 60.7 Å². The zero-order chi connectivity index (χ0) is 16.9. The second kappa shape index (κ2) is 7.29. The lowest BCUT2D eigenvalue weighted by Crippen LogP contribution is -2.37. The van der Waals surface area contributed by atoms with Gasteiger partial charge in [0.25, 0.3) is 0 Å². The van der Waals surface area contributed by atoms with E-state index in [0.717, 1.165) is 11.1 Å². The Hall–Kier alpha value is -2.33. The first-order chi connectivity index (χ1) is 10.9. The summed E-state index contributed by atoms with van der Waals surface area (Å²) in [6.45, 7) is 5.41. The Balaban J connectivity index is 2.24. The Kier molecular flexibility index (Phi) is 5.40. The Morgan fingerprint density at radius 2 is 1.43 bits per heavy atom. The van der Waals surface area contributed by atoms with E-state index in [9.17, 15) is 9.90 Å². The Morgan fingerprint density at radius 1 is 0.957 bits per heavy atom. The lowest BCUT2D eigenvalue weighted by molar-refractivity contribution is 0.0419. The molecule has 2 aromatic carbocycles. The highest BCUT2D eigenvalue weighted by atomic mass is 16.6. The van der Waals surface area contributed by atoms with Gasteiger partial charge in [0, 0.05) is 0 Å². The van der Waals surface area contributed by atoms with Crippen LogP contribution in [0.2, 0.25) is 0 Å². The van der Waals surface area contributed by atoms with Gasteiger partial charge >= 0.3 is 6.09 Å². The van der Waals surface area contributed by atoms with Crippen molar-refractivity contribution >= 4 is 6.09 Å². The molecule has 2 unspecified atom stereocenters. The number of rotatable bonds is 4. The van der Waals surface area contributed by atoms with Crippen LogP contribution in [0, 0.1) is 0 Å². The molecule has 0 aromatic heterocycles. The number of carbonyl (C=O) groups is 1. The standard InChI is InChI=1S/C19H23NO3/c1-19(2,3)23-18(22)20-16(14-10-6-4-7-11-14)17(21)15-12-8-5-9-13-15/h4-13,16-17,21H,1-3H3,(H,20,22). The predicted molar refractivity (Wildman–Crippen MR) is 90.0 cm³/mol. The number of benzene rings is 2. The highest BCUT2D eigenvalue weighted by molar-refractivity contribution is 5.68. The third kappa shape index (κ3) is 5.11. The maximum atomic E-state index is 12.1. The molecule has 0 spiro atoms. The molecule has 0 bridgehead atoms. The number of hydrogen-bond donors (Lipinski definition) is 2. The lowest BCUT2D eigenvalue weighted by atomic mass is 9.96. The predicted octanol–water partition coefficient (Wildman–Crippen LogP) is 3.99. The summed E-state index contributed by atoms with van der Waals surface area (Å²) in [6, 6.07) is 18.0. The first-order valence-corrected chi connectivity index (χ1v) is 7.64. The Bertz CT molecular complexity index is 620. The molecule has 122 valence electrons. The van der Waals surface area contributed by atoms with Crippen LogP contribution in [0.4, 0.5) is 4.79 Å². The molecule has 4 nitrogen and oxygen atoms in total. The minimum absolute atomic E-state index is 0.554. The van der Waals surface area contributed by atoms with Crippen LogP contribution < -0.4 is 5.32 Å². The molecule has 2 rings (SSSR count). The topological polar surface area (TPSA) is 58.6 Å². The van der Waals surface area contributed by atoms with Gasteiger partial charge < -0.3 is 15.2 Å². The molecule has 0 aliphatic heterocycles. The number of aliphatic hydroxyl groups excluding tert-OH is 1. The zero-order valence-corrected chi connectivity index (χ0v) is 13.7. The number of amides is 1. The van der Waals surface area contributed by atoms with Crippen LogP contribution in [-0.2, 0) is 4.74 Å². The van der Waals surface area contributed by atoms with Crippen LogP contribution in [0.1, 0.15) is 44.0 Å². The molecule has 2 atom stereocenters. The third-order valence-electron chi connectivity index (χ3n) is 3.29. The van der Waals surface area contributed by atoms with Crippen LogP contribution in [0.3, 0.4) is 0 Å². The molecule has 0 aliphatic rings. The van der Waals surface area contributed by atoms with Gasteiger partial charge in [-0.05, 0) is 31.9 Å². The van der Waals surface area contributed by atoms with Crippen molar-refractivity contribution in [1.29, 1.82) is 0 Å². The largest absolute Gasteiger partial charge is 0.444 e. The fraction of sp³-hybridized carbons (Fsp3) is 0.316. The molecule has 1 amide bonds. The first kappa shape index (κ1) is 17.0. The van der Waals surface area contributed by atoms with Crippen molar-refractivity contribution in [2.24, 2.45) is 0 Å². The van der Waals surface area contributed by atoms with Crippen molar-refractivity contribution in [2.75, 3.05) is 0 Å². The zero-order valence-electron chi connectivity index (χ0n) is 13.7. The minimum Gasteiger partial charge on any atom is -0.444 e. The summed E-state index contributed by atoms with van der Waals surface area (Å²) >= 11 is 0. The van der Waals surface area contributed by atoms with E-state index >= 15 is 0 Å². The SMILES string of the molecule is CC(C)(C)OC(=O)NC(c1ccccc1)C(O)c1ccccc1. The number of carbonyl (C=O) groups excluding carboxylic acids is 1. The van der Waals surface area contributed by atoms with Crippen molar-refractivity contribution in [1.82, 2.24) is 5.32 Å². The van der Waals surface area contributed by atoms with E-state index in [1.807, 2.05) is 60.7 Å². The van der Waals surface area contributed by atoms with Crippen LogP contribution in [0.25, 0.3) is 0 Å². The summed E-state index contributed by atoms with van der Waals surface area (Å²) in [7, 11) is 0. The van der Waals surface area contributed by atoms with Crippen molar-refractivity contribution in [2.45, 2.75) is 38.5 Å². The fourth-order valence-corrected chi connectivity index (χ4v) is 2.28. The highest BCUT2D eigenvalue weighted by Crippen LogP contribution is 2.29. The molecule has 2 N–H and O–H groups in total. The average molecular weight is 313 g/mol. The van der Waals surface area contributed by atoms with Gasteiger partial charge in [0.1, 0.15) is 11.7 Å². The van der Waals surface area contributed by atoms with Gasteiger partial charge in [-0.2, -0.15) is 0 Å².